The van der Waals surface area contributed by atoms with Gasteiger partial charge in [0, 0.05) is 19.2 Å². The zero-order chi connectivity index (χ0) is 24.3. The molecule has 2 aromatic carbocycles. The monoisotopic (exact) mass is 498 g/mol. The largest absolute Gasteiger partial charge is 0.493 e. The molecule has 1 amide bonds. The van der Waals surface area contributed by atoms with Gasteiger partial charge >= 0.3 is 6.61 Å². The van der Waals surface area contributed by atoms with Crippen LogP contribution in [0.5, 0.6) is 23.0 Å². The van der Waals surface area contributed by atoms with E-state index in [0.29, 0.717) is 43.1 Å². The molecular weight excluding hydrogens is 474 g/mol. The minimum Gasteiger partial charge on any atom is -0.493 e. The van der Waals surface area contributed by atoms with Crippen LogP contribution >= 0.6 is 0 Å². The number of alkyl halides is 2. The molecule has 12 heteroatoms. The van der Waals surface area contributed by atoms with Crippen LogP contribution in [0.4, 0.5) is 8.78 Å². The normalized spacial score (nSPS) is 18.1. The molecule has 0 saturated carbocycles. The molecule has 1 atom stereocenters. The third-order valence-corrected chi connectivity index (χ3v) is 7.44. The van der Waals surface area contributed by atoms with E-state index in [1.807, 2.05) is 0 Å². The number of sulfonamides is 1. The molecule has 2 aliphatic heterocycles. The van der Waals surface area contributed by atoms with Gasteiger partial charge in [-0.1, -0.05) is 6.07 Å². The number of fused-ring (bicyclic) bond motifs is 1. The maximum atomic E-state index is 13.3. The van der Waals surface area contributed by atoms with Gasteiger partial charge in [-0.25, -0.2) is 8.42 Å². The average molecular weight is 499 g/mol. The lowest BCUT2D eigenvalue weighted by Gasteiger charge is -2.24. The quantitative estimate of drug-likeness (QED) is 0.597. The van der Waals surface area contributed by atoms with E-state index in [0.717, 1.165) is 0 Å². The first-order valence-electron chi connectivity index (χ1n) is 10.6. The van der Waals surface area contributed by atoms with Gasteiger partial charge in [0.2, 0.25) is 15.9 Å². The Morgan fingerprint density at radius 2 is 1.91 bits per heavy atom. The van der Waals surface area contributed by atoms with Crippen LogP contribution in [0.2, 0.25) is 0 Å². The van der Waals surface area contributed by atoms with Crippen LogP contribution < -0.4 is 24.3 Å². The predicted octanol–water partition coefficient (Wildman–Crippen LogP) is 2.54. The number of carbonyl (C=O) groups is 1. The van der Waals surface area contributed by atoms with Gasteiger partial charge in [-0.05, 0) is 42.7 Å². The fourth-order valence-corrected chi connectivity index (χ4v) is 5.60. The van der Waals surface area contributed by atoms with Gasteiger partial charge < -0.3 is 24.3 Å². The van der Waals surface area contributed by atoms with Crippen molar-refractivity contribution in [2.45, 2.75) is 36.9 Å². The molecule has 2 aromatic rings. The Labute approximate surface area is 195 Å². The third kappa shape index (κ3) is 5.02. The first-order chi connectivity index (χ1) is 16.3. The van der Waals surface area contributed by atoms with Crippen molar-refractivity contribution < 1.29 is 40.9 Å². The molecule has 1 unspecified atom stereocenters. The SMILES string of the molecule is COc1cc(CNC(=O)C2CCCN2S(=O)(=O)c2ccc3c(c2)OCCO3)ccc1OC(F)F. The van der Waals surface area contributed by atoms with Crippen LogP contribution in [0.25, 0.3) is 0 Å². The molecule has 34 heavy (non-hydrogen) atoms. The van der Waals surface area contributed by atoms with E-state index in [4.69, 9.17) is 14.2 Å². The second-order valence-electron chi connectivity index (χ2n) is 7.66. The molecule has 0 aromatic heterocycles. The maximum Gasteiger partial charge on any atom is 0.387 e. The summed E-state index contributed by atoms with van der Waals surface area (Å²) < 4.78 is 73.1. The Balaban J connectivity index is 1.45. The molecule has 1 N–H and O–H groups in total. The highest BCUT2D eigenvalue weighted by Crippen LogP contribution is 2.35. The van der Waals surface area contributed by atoms with E-state index >= 15 is 0 Å². The summed E-state index contributed by atoms with van der Waals surface area (Å²) in [5, 5.41) is 2.72. The number of methoxy groups -OCH3 is 1. The van der Waals surface area contributed by atoms with Crippen LogP contribution in [-0.4, -0.2) is 58.2 Å². The van der Waals surface area contributed by atoms with E-state index in [1.165, 1.54) is 41.7 Å². The first-order valence-corrected chi connectivity index (χ1v) is 12.0. The number of halogens is 2. The van der Waals surface area contributed by atoms with Gasteiger partial charge in [0.05, 0.1) is 12.0 Å². The number of amides is 1. The highest BCUT2D eigenvalue weighted by Gasteiger charge is 2.39. The van der Waals surface area contributed by atoms with Gasteiger partial charge in [-0.3, -0.25) is 4.79 Å². The van der Waals surface area contributed by atoms with E-state index in [1.54, 1.807) is 6.07 Å². The Morgan fingerprint density at radius 3 is 2.65 bits per heavy atom. The number of hydrogen-bond acceptors (Lipinski definition) is 7. The van der Waals surface area contributed by atoms with E-state index < -0.39 is 28.6 Å². The average Bonchev–Trinajstić information content (AvgIpc) is 3.33. The molecule has 184 valence electrons. The molecular formula is C22H24F2N2O7S. The van der Waals surface area contributed by atoms with Crippen molar-refractivity contribution in [1.82, 2.24) is 9.62 Å². The maximum absolute atomic E-state index is 13.3. The van der Waals surface area contributed by atoms with Crippen LogP contribution in [0, 0.1) is 0 Å². The van der Waals surface area contributed by atoms with Crippen molar-refractivity contribution in [3.63, 3.8) is 0 Å². The van der Waals surface area contributed by atoms with Gasteiger partial charge in [0.25, 0.3) is 0 Å². The van der Waals surface area contributed by atoms with Crippen LogP contribution in [0.3, 0.4) is 0 Å². The predicted molar refractivity (Wildman–Crippen MR) is 116 cm³/mol. The summed E-state index contributed by atoms with van der Waals surface area (Å²) in [4.78, 5) is 12.9. The van der Waals surface area contributed by atoms with E-state index in [2.05, 4.69) is 10.1 Å². The second-order valence-corrected chi connectivity index (χ2v) is 9.55. The number of hydrogen-bond donors (Lipinski definition) is 1. The molecule has 4 rings (SSSR count). The summed E-state index contributed by atoms with van der Waals surface area (Å²) in [5.41, 5.74) is 0.575. The van der Waals surface area contributed by atoms with Gasteiger partial charge in [-0.2, -0.15) is 13.1 Å². The Hall–Kier alpha value is -3.12. The third-order valence-electron chi connectivity index (χ3n) is 5.54. The minimum absolute atomic E-state index is 0.0239. The number of rotatable bonds is 8. The van der Waals surface area contributed by atoms with Crippen LogP contribution in [0.1, 0.15) is 18.4 Å². The number of benzene rings is 2. The molecule has 1 saturated heterocycles. The molecule has 0 aliphatic carbocycles. The lowest BCUT2D eigenvalue weighted by molar-refractivity contribution is -0.124. The fraction of sp³-hybridized carbons (Fsp3) is 0.409. The first kappa shape index (κ1) is 24.0. The summed E-state index contributed by atoms with van der Waals surface area (Å²) in [6, 6.07) is 7.82. The van der Waals surface area contributed by atoms with Crippen LogP contribution in [0.15, 0.2) is 41.3 Å². The number of carbonyl (C=O) groups excluding carboxylic acids is 1. The highest BCUT2D eigenvalue weighted by molar-refractivity contribution is 7.89. The second kappa shape index (κ2) is 10.0. The zero-order valence-corrected chi connectivity index (χ0v) is 19.1. The van der Waals surface area contributed by atoms with Gasteiger partial charge in [-0.15, -0.1) is 0 Å². The Morgan fingerprint density at radius 1 is 1.15 bits per heavy atom. The number of nitrogens with zero attached hydrogens (tertiary/aromatic N) is 1. The summed E-state index contributed by atoms with van der Waals surface area (Å²) in [5.74, 6) is 0.336. The molecule has 9 nitrogen and oxygen atoms in total. The molecule has 2 heterocycles. The summed E-state index contributed by atoms with van der Waals surface area (Å²) in [6.45, 7) is -2.02. The lowest BCUT2D eigenvalue weighted by Crippen LogP contribution is -2.45. The summed E-state index contributed by atoms with van der Waals surface area (Å²) in [6.07, 6.45) is 0.912. The van der Waals surface area contributed by atoms with Crippen molar-refractivity contribution >= 4 is 15.9 Å². The summed E-state index contributed by atoms with van der Waals surface area (Å²) >= 11 is 0. The molecule has 0 radical (unpaired) electrons. The molecule has 1 fully saturated rings. The van der Waals surface area contributed by atoms with Crippen molar-refractivity contribution in [1.29, 1.82) is 0 Å². The van der Waals surface area contributed by atoms with Gasteiger partial charge in [0.15, 0.2) is 23.0 Å². The smallest absolute Gasteiger partial charge is 0.387 e. The zero-order valence-electron chi connectivity index (χ0n) is 18.3. The van der Waals surface area contributed by atoms with E-state index in [-0.39, 0.29) is 29.5 Å². The molecule has 2 aliphatic rings. The lowest BCUT2D eigenvalue weighted by atomic mass is 10.1. The highest BCUT2D eigenvalue weighted by atomic mass is 32.2. The van der Waals surface area contributed by atoms with Crippen molar-refractivity contribution in [2.24, 2.45) is 0 Å². The summed E-state index contributed by atoms with van der Waals surface area (Å²) in [7, 11) is -2.63. The minimum atomic E-state index is -3.95. The Bertz CT molecular complexity index is 1160. The molecule has 0 spiro atoms. The Kier molecular flexibility index (Phi) is 7.08. The number of ether oxygens (including phenoxy) is 4. The van der Waals surface area contributed by atoms with Crippen molar-refractivity contribution in [2.75, 3.05) is 26.9 Å². The van der Waals surface area contributed by atoms with Gasteiger partial charge in [0.1, 0.15) is 19.3 Å². The van der Waals surface area contributed by atoms with Crippen LogP contribution in [-0.2, 0) is 21.4 Å². The number of nitrogens with one attached hydrogen (secondary N) is 1. The fourth-order valence-electron chi connectivity index (χ4n) is 3.93. The molecule has 0 bridgehead atoms. The van der Waals surface area contributed by atoms with Crippen molar-refractivity contribution in [3.05, 3.63) is 42.0 Å². The standard InChI is InChI=1S/C22H24F2N2O7S/c1-30-19-11-14(4-6-18(19)33-22(23)24)13-25-21(27)16-3-2-8-26(16)34(28,29)15-5-7-17-20(12-15)32-10-9-31-17/h4-7,11-12,16,22H,2-3,8-10,13H2,1H3,(H,25,27). The topological polar surface area (TPSA) is 103 Å². The van der Waals surface area contributed by atoms with E-state index in [9.17, 15) is 22.0 Å². The van der Waals surface area contributed by atoms with Crippen molar-refractivity contribution in [3.8, 4) is 23.0 Å².